The molecule has 0 spiro atoms. The fraction of sp³-hybridized carbons (Fsp3) is 0.364. The van der Waals surface area contributed by atoms with Crippen LogP contribution in [0.5, 0.6) is 5.75 Å². The Morgan fingerprint density at radius 3 is 2.71 bits per heavy atom. The second-order valence-corrected chi connectivity index (χ2v) is 6.62. The number of aromatic nitrogens is 2. The maximum Gasteiger partial charge on any atom is 0.193 e. The smallest absolute Gasteiger partial charge is 0.193 e. The predicted molar refractivity (Wildman–Crippen MR) is 114 cm³/mol. The molecule has 0 aliphatic carbocycles. The summed E-state index contributed by atoms with van der Waals surface area (Å²) in [5, 5.41) is 3.37. The van der Waals surface area contributed by atoms with Crippen molar-refractivity contribution in [3.8, 4) is 5.75 Å². The van der Waals surface area contributed by atoms with E-state index in [0.717, 1.165) is 42.6 Å². The molecule has 3 aromatic rings. The number of nitrogens with one attached hydrogen (secondary N) is 1. The van der Waals surface area contributed by atoms with Gasteiger partial charge in [-0.15, -0.1) is 0 Å². The molecule has 2 heterocycles. The summed E-state index contributed by atoms with van der Waals surface area (Å²) in [4.78, 5) is 11.6. The van der Waals surface area contributed by atoms with E-state index in [4.69, 9.17) is 9.73 Å². The number of imidazole rings is 1. The largest absolute Gasteiger partial charge is 0.494 e. The van der Waals surface area contributed by atoms with Gasteiger partial charge in [0.15, 0.2) is 5.96 Å². The Morgan fingerprint density at radius 2 is 2.00 bits per heavy atom. The van der Waals surface area contributed by atoms with E-state index in [-0.39, 0.29) is 0 Å². The molecule has 0 fully saturated rings. The van der Waals surface area contributed by atoms with Crippen molar-refractivity contribution in [2.75, 3.05) is 26.7 Å². The first kappa shape index (κ1) is 19.7. The topological polar surface area (TPSA) is 54.2 Å². The van der Waals surface area contributed by atoms with E-state index in [1.54, 1.807) is 0 Å². The van der Waals surface area contributed by atoms with Gasteiger partial charge in [-0.1, -0.05) is 18.2 Å². The van der Waals surface area contributed by atoms with Crippen LogP contribution in [0.4, 0.5) is 0 Å². The average molecular weight is 380 g/mol. The highest BCUT2D eigenvalue weighted by Gasteiger charge is 2.07. The number of benzene rings is 1. The Bertz CT molecular complexity index is 868. The van der Waals surface area contributed by atoms with E-state index in [1.165, 1.54) is 5.56 Å². The van der Waals surface area contributed by atoms with E-state index in [1.807, 2.05) is 47.9 Å². The van der Waals surface area contributed by atoms with E-state index in [0.29, 0.717) is 13.2 Å². The minimum Gasteiger partial charge on any atom is -0.494 e. The third-order valence-electron chi connectivity index (χ3n) is 4.39. The minimum absolute atomic E-state index is 0.683. The molecule has 6 nitrogen and oxygen atoms in total. The van der Waals surface area contributed by atoms with Gasteiger partial charge in [-0.05, 0) is 43.7 Å². The number of nitrogens with zero attached hydrogens (tertiary/aromatic N) is 4. The molecule has 0 aliphatic heterocycles. The van der Waals surface area contributed by atoms with E-state index in [9.17, 15) is 0 Å². The van der Waals surface area contributed by atoms with Crippen LogP contribution < -0.4 is 10.1 Å². The van der Waals surface area contributed by atoms with Crippen molar-refractivity contribution in [2.45, 2.75) is 26.8 Å². The van der Waals surface area contributed by atoms with Crippen molar-refractivity contribution in [3.63, 3.8) is 0 Å². The molecule has 0 amide bonds. The normalized spacial score (nSPS) is 11.6. The summed E-state index contributed by atoms with van der Waals surface area (Å²) in [5.74, 6) is 1.81. The number of hydrogen-bond acceptors (Lipinski definition) is 3. The molecule has 2 aromatic heterocycles. The molecule has 28 heavy (non-hydrogen) atoms. The van der Waals surface area contributed by atoms with Crippen LogP contribution >= 0.6 is 0 Å². The Morgan fingerprint density at radius 1 is 1.18 bits per heavy atom. The van der Waals surface area contributed by atoms with Crippen molar-refractivity contribution in [1.82, 2.24) is 19.6 Å². The fourth-order valence-electron chi connectivity index (χ4n) is 3.06. The van der Waals surface area contributed by atoms with Crippen LogP contribution in [0.2, 0.25) is 0 Å². The van der Waals surface area contributed by atoms with Gasteiger partial charge in [-0.25, -0.2) is 4.98 Å². The van der Waals surface area contributed by atoms with Gasteiger partial charge in [0, 0.05) is 45.5 Å². The van der Waals surface area contributed by atoms with Crippen LogP contribution in [0.25, 0.3) is 5.65 Å². The van der Waals surface area contributed by atoms with E-state index >= 15 is 0 Å². The van der Waals surface area contributed by atoms with Crippen molar-refractivity contribution in [2.24, 2.45) is 4.99 Å². The number of hydrogen-bond donors (Lipinski definition) is 1. The zero-order valence-corrected chi connectivity index (χ0v) is 16.9. The molecule has 0 unspecified atom stereocenters. The summed E-state index contributed by atoms with van der Waals surface area (Å²) in [6, 6.07) is 14.3. The molecule has 0 radical (unpaired) electrons. The molecule has 0 aliphatic rings. The quantitative estimate of drug-likeness (QED) is 0.482. The second kappa shape index (κ2) is 9.78. The van der Waals surface area contributed by atoms with Gasteiger partial charge in [-0.2, -0.15) is 0 Å². The highest BCUT2D eigenvalue weighted by molar-refractivity contribution is 5.79. The highest BCUT2D eigenvalue weighted by atomic mass is 16.5. The second-order valence-electron chi connectivity index (χ2n) is 6.62. The Hall–Kier alpha value is -3.02. The van der Waals surface area contributed by atoms with Crippen LogP contribution in [0, 0.1) is 0 Å². The number of fused-ring (bicyclic) bond motifs is 1. The van der Waals surface area contributed by atoms with Gasteiger partial charge in [-0.3, -0.25) is 4.99 Å². The first-order valence-electron chi connectivity index (χ1n) is 9.83. The Balaban J connectivity index is 1.60. The van der Waals surface area contributed by atoms with Crippen molar-refractivity contribution in [1.29, 1.82) is 0 Å². The average Bonchev–Trinajstić information content (AvgIpc) is 3.12. The molecule has 1 aromatic carbocycles. The number of ether oxygens (including phenoxy) is 1. The third-order valence-corrected chi connectivity index (χ3v) is 4.39. The zero-order valence-electron chi connectivity index (χ0n) is 16.9. The lowest BCUT2D eigenvalue weighted by atomic mass is 10.2. The minimum atomic E-state index is 0.683. The summed E-state index contributed by atoms with van der Waals surface area (Å²) < 4.78 is 7.56. The number of pyridine rings is 1. The summed E-state index contributed by atoms with van der Waals surface area (Å²) in [6.45, 7) is 7.07. The van der Waals surface area contributed by atoms with Gasteiger partial charge in [0.2, 0.25) is 0 Å². The molecule has 0 saturated heterocycles. The predicted octanol–water partition coefficient (Wildman–Crippen LogP) is 3.37. The molecule has 148 valence electrons. The van der Waals surface area contributed by atoms with Gasteiger partial charge in [0.05, 0.1) is 12.3 Å². The van der Waals surface area contributed by atoms with Crippen LogP contribution in [-0.4, -0.2) is 47.0 Å². The fourth-order valence-corrected chi connectivity index (χ4v) is 3.06. The SMILES string of the molecule is CCNC(=NCCc1cn2ccccc2n1)N(C)Cc1ccc(OCC)cc1. The summed E-state index contributed by atoms with van der Waals surface area (Å²) in [7, 11) is 2.06. The first-order valence-corrected chi connectivity index (χ1v) is 9.83. The van der Waals surface area contributed by atoms with Gasteiger partial charge in [0.1, 0.15) is 11.4 Å². The van der Waals surface area contributed by atoms with Crippen LogP contribution in [0.3, 0.4) is 0 Å². The molecule has 6 heteroatoms. The van der Waals surface area contributed by atoms with Crippen molar-refractivity contribution >= 4 is 11.6 Å². The Kier molecular flexibility index (Phi) is 6.89. The lowest BCUT2D eigenvalue weighted by molar-refractivity contribution is 0.340. The van der Waals surface area contributed by atoms with Crippen LogP contribution in [0.15, 0.2) is 59.9 Å². The number of rotatable bonds is 8. The maximum atomic E-state index is 5.51. The summed E-state index contributed by atoms with van der Waals surface area (Å²) in [6.07, 6.45) is 4.90. The molecular weight excluding hydrogens is 350 g/mol. The van der Waals surface area contributed by atoms with Crippen molar-refractivity contribution < 1.29 is 4.74 Å². The molecule has 1 N–H and O–H groups in total. The highest BCUT2D eigenvalue weighted by Crippen LogP contribution is 2.13. The summed E-state index contributed by atoms with van der Waals surface area (Å²) >= 11 is 0. The molecular formula is C22H29N5O. The molecule has 3 rings (SSSR count). The lowest BCUT2D eigenvalue weighted by Crippen LogP contribution is -2.38. The molecule has 0 bridgehead atoms. The van der Waals surface area contributed by atoms with Crippen LogP contribution in [0.1, 0.15) is 25.1 Å². The zero-order chi connectivity index (χ0) is 19.8. The van der Waals surface area contributed by atoms with Crippen LogP contribution in [-0.2, 0) is 13.0 Å². The van der Waals surface area contributed by atoms with Gasteiger partial charge in [0.25, 0.3) is 0 Å². The van der Waals surface area contributed by atoms with Gasteiger partial charge < -0.3 is 19.4 Å². The summed E-state index contributed by atoms with van der Waals surface area (Å²) in [5.41, 5.74) is 3.25. The standard InChI is InChI=1S/C22H29N5O/c1-4-23-22(26(3)16-18-9-11-20(12-10-18)28-5-2)24-14-13-19-17-27-15-7-6-8-21(27)25-19/h6-12,15,17H,4-5,13-14,16H2,1-3H3,(H,23,24). The maximum absolute atomic E-state index is 5.51. The molecule has 0 atom stereocenters. The van der Waals surface area contributed by atoms with Gasteiger partial charge >= 0.3 is 0 Å². The van der Waals surface area contributed by atoms with Crippen molar-refractivity contribution in [3.05, 3.63) is 66.1 Å². The molecule has 0 saturated carbocycles. The first-order chi connectivity index (χ1) is 13.7. The monoisotopic (exact) mass is 379 g/mol. The lowest BCUT2D eigenvalue weighted by Gasteiger charge is -2.22. The van der Waals surface area contributed by atoms with E-state index < -0.39 is 0 Å². The number of guanidine groups is 1. The Labute approximate surface area is 166 Å². The third kappa shape index (κ3) is 5.25. The number of aliphatic imine (C=N–C) groups is 1. The van der Waals surface area contributed by atoms with E-state index in [2.05, 4.69) is 47.5 Å².